The van der Waals surface area contributed by atoms with Crippen LogP contribution in [0.4, 0.5) is 6.01 Å². The molecule has 2 aromatic rings. The Morgan fingerprint density at radius 1 is 1.19 bits per heavy atom. The van der Waals surface area contributed by atoms with Crippen molar-refractivity contribution in [1.29, 1.82) is 0 Å². The van der Waals surface area contributed by atoms with E-state index in [1.807, 2.05) is 6.92 Å². The largest absolute Gasteiger partial charge is 0.350 e. The maximum Gasteiger partial charge on any atom is 0.324 e. The van der Waals surface area contributed by atoms with Gasteiger partial charge >= 0.3 is 6.01 Å². The maximum atomic E-state index is 11.2. The van der Waals surface area contributed by atoms with Gasteiger partial charge in [0.25, 0.3) is 0 Å². The van der Waals surface area contributed by atoms with Gasteiger partial charge in [0.1, 0.15) is 0 Å². The van der Waals surface area contributed by atoms with E-state index in [9.17, 15) is 4.79 Å². The van der Waals surface area contributed by atoms with E-state index in [-0.39, 0.29) is 17.9 Å². The van der Waals surface area contributed by atoms with Crippen LogP contribution in [0.25, 0.3) is 0 Å². The molecule has 0 bridgehead atoms. The lowest BCUT2D eigenvalue weighted by Gasteiger charge is -2.30. The summed E-state index contributed by atoms with van der Waals surface area (Å²) >= 11 is 0. The monoisotopic (exact) mass is 356 g/mol. The van der Waals surface area contributed by atoms with Crippen molar-refractivity contribution >= 4 is 11.9 Å². The molecule has 1 aromatic carbocycles. The molecule has 1 saturated heterocycles. The minimum Gasteiger partial charge on any atom is -0.350 e. The third-order valence-corrected chi connectivity index (χ3v) is 5.04. The van der Waals surface area contributed by atoms with Crippen LogP contribution in [-0.2, 0) is 4.79 Å². The first kappa shape index (κ1) is 18.4. The van der Waals surface area contributed by atoms with Gasteiger partial charge in [-0.15, -0.1) is 0 Å². The van der Waals surface area contributed by atoms with Gasteiger partial charge in [0.15, 0.2) is 5.82 Å². The molecule has 26 heavy (non-hydrogen) atoms. The Kier molecular flexibility index (Phi) is 5.59. The van der Waals surface area contributed by atoms with E-state index in [1.54, 1.807) is 6.92 Å². The van der Waals surface area contributed by atoms with Crippen molar-refractivity contribution in [2.24, 2.45) is 0 Å². The fourth-order valence-corrected chi connectivity index (χ4v) is 3.44. The van der Waals surface area contributed by atoms with Crippen molar-refractivity contribution in [3.8, 4) is 0 Å². The third-order valence-electron chi connectivity index (χ3n) is 5.04. The van der Waals surface area contributed by atoms with Crippen LogP contribution in [-0.4, -0.2) is 29.1 Å². The fourth-order valence-electron chi connectivity index (χ4n) is 3.44. The van der Waals surface area contributed by atoms with E-state index in [2.05, 4.69) is 58.5 Å². The van der Waals surface area contributed by atoms with Crippen molar-refractivity contribution in [2.75, 3.05) is 18.0 Å². The SMILES string of the molecule is CC(=O)N[C@@H](C)c1ccc(C2CCN(c3nc(C(C)C)no3)CC2)cc1. The molecular weight excluding hydrogens is 328 g/mol. The molecule has 1 aliphatic rings. The Morgan fingerprint density at radius 3 is 2.38 bits per heavy atom. The Bertz CT molecular complexity index is 731. The van der Waals surface area contributed by atoms with Crippen LogP contribution >= 0.6 is 0 Å². The normalized spacial score (nSPS) is 16.7. The molecule has 1 amide bonds. The highest BCUT2D eigenvalue weighted by Crippen LogP contribution is 2.31. The van der Waals surface area contributed by atoms with E-state index in [0.29, 0.717) is 11.9 Å². The highest BCUT2D eigenvalue weighted by molar-refractivity contribution is 5.73. The molecule has 140 valence electrons. The number of aromatic nitrogens is 2. The average molecular weight is 356 g/mol. The Morgan fingerprint density at radius 2 is 1.85 bits per heavy atom. The Balaban J connectivity index is 1.58. The summed E-state index contributed by atoms with van der Waals surface area (Å²) < 4.78 is 5.41. The van der Waals surface area contributed by atoms with Crippen LogP contribution in [0.2, 0.25) is 0 Å². The maximum absolute atomic E-state index is 11.2. The topological polar surface area (TPSA) is 71.3 Å². The molecule has 6 heteroatoms. The van der Waals surface area contributed by atoms with Gasteiger partial charge in [-0.3, -0.25) is 4.79 Å². The number of carbonyl (C=O) groups is 1. The smallest absolute Gasteiger partial charge is 0.324 e. The molecule has 3 rings (SSSR count). The second-order valence-electron chi connectivity index (χ2n) is 7.44. The molecule has 0 saturated carbocycles. The van der Waals surface area contributed by atoms with Crippen LogP contribution in [0, 0.1) is 0 Å². The van der Waals surface area contributed by atoms with Crippen LogP contribution in [0.5, 0.6) is 0 Å². The molecule has 0 spiro atoms. The lowest BCUT2D eigenvalue weighted by molar-refractivity contribution is -0.119. The molecular formula is C20H28N4O2. The summed E-state index contributed by atoms with van der Waals surface area (Å²) in [5.41, 5.74) is 2.49. The molecule has 6 nitrogen and oxygen atoms in total. The number of hydrogen-bond acceptors (Lipinski definition) is 5. The Labute approximate surface area is 155 Å². The number of nitrogens with zero attached hydrogens (tertiary/aromatic N) is 3. The van der Waals surface area contributed by atoms with Crippen molar-refractivity contribution in [2.45, 2.75) is 58.4 Å². The molecule has 0 aliphatic carbocycles. The van der Waals surface area contributed by atoms with Crippen LogP contribution in [0.3, 0.4) is 0 Å². The molecule has 1 fully saturated rings. The lowest BCUT2D eigenvalue weighted by Crippen LogP contribution is -2.33. The minimum atomic E-state index is -0.00408. The number of anilines is 1. The zero-order valence-electron chi connectivity index (χ0n) is 16.0. The number of rotatable bonds is 5. The van der Waals surface area contributed by atoms with E-state index < -0.39 is 0 Å². The number of carbonyl (C=O) groups excluding carboxylic acids is 1. The number of benzene rings is 1. The number of amides is 1. The van der Waals surface area contributed by atoms with Crippen molar-refractivity contribution in [3.05, 3.63) is 41.2 Å². The minimum absolute atomic E-state index is 0.00408. The first-order valence-electron chi connectivity index (χ1n) is 9.39. The summed E-state index contributed by atoms with van der Waals surface area (Å²) in [6.07, 6.45) is 2.14. The summed E-state index contributed by atoms with van der Waals surface area (Å²) in [7, 11) is 0. The second-order valence-corrected chi connectivity index (χ2v) is 7.44. The predicted octanol–water partition coefficient (Wildman–Crippen LogP) is 3.77. The van der Waals surface area contributed by atoms with Gasteiger partial charge in [0.05, 0.1) is 6.04 Å². The summed E-state index contributed by atoms with van der Waals surface area (Å²) in [5, 5.41) is 6.98. The van der Waals surface area contributed by atoms with Gasteiger partial charge in [-0.25, -0.2) is 0 Å². The second kappa shape index (κ2) is 7.89. The van der Waals surface area contributed by atoms with Gasteiger partial charge in [-0.1, -0.05) is 43.3 Å². The van der Waals surface area contributed by atoms with E-state index in [0.717, 1.165) is 37.3 Å². The molecule has 1 aromatic heterocycles. The zero-order valence-corrected chi connectivity index (χ0v) is 16.0. The molecule has 2 heterocycles. The highest BCUT2D eigenvalue weighted by atomic mass is 16.5. The predicted molar refractivity (Wildman–Crippen MR) is 101 cm³/mol. The Hall–Kier alpha value is -2.37. The zero-order chi connectivity index (χ0) is 18.7. The standard InChI is InChI=1S/C20H28N4O2/c1-13(2)19-22-20(26-23-19)24-11-9-18(10-12-24)17-7-5-16(6-8-17)14(3)21-15(4)25/h5-8,13-14,18H,9-12H2,1-4H3,(H,21,25)/t14-/m0/s1. The fraction of sp³-hybridized carbons (Fsp3) is 0.550. The summed E-state index contributed by atoms with van der Waals surface area (Å²) in [5.74, 6) is 1.59. The molecule has 1 aliphatic heterocycles. The quantitative estimate of drug-likeness (QED) is 0.883. The van der Waals surface area contributed by atoms with Crippen LogP contribution in [0.15, 0.2) is 28.8 Å². The summed E-state index contributed by atoms with van der Waals surface area (Å²) in [4.78, 5) is 17.9. The lowest BCUT2D eigenvalue weighted by atomic mass is 9.88. The summed E-state index contributed by atoms with van der Waals surface area (Å²) in [6.45, 7) is 9.54. The third kappa shape index (κ3) is 4.23. The van der Waals surface area contributed by atoms with Gasteiger partial charge in [-0.2, -0.15) is 4.98 Å². The molecule has 1 atom stereocenters. The van der Waals surface area contributed by atoms with Crippen LogP contribution in [0.1, 0.15) is 75.4 Å². The van der Waals surface area contributed by atoms with Gasteiger partial charge in [0.2, 0.25) is 5.91 Å². The van der Waals surface area contributed by atoms with E-state index in [1.165, 1.54) is 5.56 Å². The van der Waals surface area contributed by atoms with Crippen molar-refractivity contribution in [3.63, 3.8) is 0 Å². The van der Waals surface area contributed by atoms with Crippen molar-refractivity contribution in [1.82, 2.24) is 15.5 Å². The molecule has 0 radical (unpaired) electrons. The first-order chi connectivity index (χ1) is 12.4. The molecule has 0 unspecified atom stereocenters. The van der Waals surface area contributed by atoms with Crippen LogP contribution < -0.4 is 10.2 Å². The van der Waals surface area contributed by atoms with E-state index in [4.69, 9.17) is 4.52 Å². The summed E-state index contributed by atoms with van der Waals surface area (Å²) in [6, 6.07) is 9.31. The van der Waals surface area contributed by atoms with Gasteiger partial charge in [0, 0.05) is 25.9 Å². The number of piperidine rings is 1. The molecule has 1 N–H and O–H groups in total. The van der Waals surface area contributed by atoms with Crippen molar-refractivity contribution < 1.29 is 9.32 Å². The highest BCUT2D eigenvalue weighted by Gasteiger charge is 2.24. The van der Waals surface area contributed by atoms with Gasteiger partial charge < -0.3 is 14.7 Å². The first-order valence-corrected chi connectivity index (χ1v) is 9.39. The van der Waals surface area contributed by atoms with E-state index >= 15 is 0 Å². The number of nitrogens with one attached hydrogen (secondary N) is 1. The number of hydrogen-bond donors (Lipinski definition) is 1. The average Bonchev–Trinajstić information content (AvgIpc) is 3.12. The van der Waals surface area contributed by atoms with Gasteiger partial charge in [-0.05, 0) is 36.8 Å².